The van der Waals surface area contributed by atoms with Gasteiger partial charge in [0.1, 0.15) is 0 Å². The molecule has 0 saturated heterocycles. The number of allylic oxidation sites excluding steroid dienone is 1. The summed E-state index contributed by atoms with van der Waals surface area (Å²) >= 11 is 0. The van der Waals surface area contributed by atoms with Crippen molar-refractivity contribution < 1.29 is 0 Å². The van der Waals surface area contributed by atoms with Crippen LogP contribution in [0.4, 0.5) is 0 Å². The highest BCUT2D eigenvalue weighted by molar-refractivity contribution is 5.54. The van der Waals surface area contributed by atoms with Crippen molar-refractivity contribution in [3.05, 3.63) is 41.0 Å². The van der Waals surface area contributed by atoms with Crippen molar-refractivity contribution >= 4 is 6.08 Å². The Kier molecular flexibility index (Phi) is 3.47. The molecule has 0 N–H and O–H groups in total. The summed E-state index contributed by atoms with van der Waals surface area (Å²) in [7, 11) is 0. The quantitative estimate of drug-likeness (QED) is 0.660. The zero-order valence-electron chi connectivity index (χ0n) is 7.99. The third-order valence-corrected chi connectivity index (χ3v) is 1.79. The summed E-state index contributed by atoms with van der Waals surface area (Å²) in [6.07, 6.45) is 3.59. The first kappa shape index (κ1) is 10.0. The highest BCUT2D eigenvalue weighted by Crippen LogP contribution is 2.11. The average Bonchev–Trinajstić information content (AvgIpc) is 2.14. The second-order valence-corrected chi connectivity index (χ2v) is 3.05. The van der Waals surface area contributed by atoms with Crippen LogP contribution in [0.25, 0.3) is 6.08 Å². The van der Waals surface area contributed by atoms with Gasteiger partial charge in [-0.1, -0.05) is 23.8 Å². The van der Waals surface area contributed by atoms with Gasteiger partial charge in [0.15, 0.2) is 0 Å². The molecule has 0 aliphatic rings. The highest BCUT2D eigenvalue weighted by atomic mass is 14.2. The van der Waals surface area contributed by atoms with E-state index in [1.165, 1.54) is 6.08 Å². The average molecular weight is 182 g/mol. The van der Waals surface area contributed by atoms with E-state index in [1.54, 1.807) is 6.08 Å². The fourth-order valence-corrected chi connectivity index (χ4v) is 1.32. The molecule has 0 aliphatic heterocycles. The van der Waals surface area contributed by atoms with Crippen LogP contribution in [-0.2, 0) is 6.42 Å². The third-order valence-electron chi connectivity index (χ3n) is 1.79. The lowest BCUT2D eigenvalue weighted by Gasteiger charge is -2.00. The van der Waals surface area contributed by atoms with Crippen molar-refractivity contribution in [2.45, 2.75) is 13.3 Å². The van der Waals surface area contributed by atoms with E-state index in [1.807, 2.05) is 31.2 Å². The standard InChI is InChI=1S/C12H10N2/c1-10-7-11(3-2-5-13)9-12(8-10)4-6-14/h2-3,7-9H,4H2,1H3. The summed E-state index contributed by atoms with van der Waals surface area (Å²) in [5, 5.41) is 16.9. The zero-order chi connectivity index (χ0) is 10.4. The largest absolute Gasteiger partial charge is 0.198 e. The summed E-state index contributed by atoms with van der Waals surface area (Å²) in [5.74, 6) is 0. The Balaban J connectivity index is 3.03. The van der Waals surface area contributed by atoms with E-state index >= 15 is 0 Å². The zero-order valence-corrected chi connectivity index (χ0v) is 7.99. The molecule has 0 heterocycles. The van der Waals surface area contributed by atoms with E-state index < -0.39 is 0 Å². The maximum absolute atomic E-state index is 8.56. The van der Waals surface area contributed by atoms with Crippen LogP contribution in [0, 0.1) is 29.6 Å². The van der Waals surface area contributed by atoms with Gasteiger partial charge < -0.3 is 0 Å². The van der Waals surface area contributed by atoms with Gasteiger partial charge in [0.25, 0.3) is 0 Å². The van der Waals surface area contributed by atoms with E-state index in [0.717, 1.165) is 16.7 Å². The van der Waals surface area contributed by atoms with Crippen LogP contribution in [0.2, 0.25) is 0 Å². The number of nitrogens with zero attached hydrogens (tertiary/aromatic N) is 2. The lowest BCUT2D eigenvalue weighted by Crippen LogP contribution is -1.85. The highest BCUT2D eigenvalue weighted by Gasteiger charge is 1.95. The Bertz CT molecular complexity index is 431. The van der Waals surface area contributed by atoms with Crippen molar-refractivity contribution in [1.29, 1.82) is 10.5 Å². The van der Waals surface area contributed by atoms with Gasteiger partial charge in [-0.3, -0.25) is 0 Å². The second kappa shape index (κ2) is 4.84. The van der Waals surface area contributed by atoms with Gasteiger partial charge in [-0.15, -0.1) is 0 Å². The molecule has 0 atom stereocenters. The molecule has 1 aromatic carbocycles. The SMILES string of the molecule is Cc1cc(C=CC#N)cc(CC#N)c1. The van der Waals surface area contributed by atoms with Crippen LogP contribution in [0.1, 0.15) is 16.7 Å². The van der Waals surface area contributed by atoms with Crippen LogP contribution in [0.3, 0.4) is 0 Å². The minimum absolute atomic E-state index is 0.412. The maximum atomic E-state index is 8.56. The van der Waals surface area contributed by atoms with Crippen molar-refractivity contribution in [2.24, 2.45) is 0 Å². The summed E-state index contributed by atoms with van der Waals surface area (Å²) in [6, 6.07) is 9.93. The molecule has 0 saturated carbocycles. The summed E-state index contributed by atoms with van der Waals surface area (Å²) in [4.78, 5) is 0. The van der Waals surface area contributed by atoms with E-state index in [0.29, 0.717) is 6.42 Å². The van der Waals surface area contributed by atoms with Crippen LogP contribution in [0.5, 0.6) is 0 Å². The van der Waals surface area contributed by atoms with Crippen LogP contribution >= 0.6 is 0 Å². The molecule has 0 aromatic heterocycles. The van der Waals surface area contributed by atoms with E-state index in [9.17, 15) is 0 Å². The minimum atomic E-state index is 0.412. The summed E-state index contributed by atoms with van der Waals surface area (Å²) in [6.45, 7) is 1.98. The van der Waals surface area contributed by atoms with Gasteiger partial charge in [0.05, 0.1) is 18.6 Å². The molecule has 1 rings (SSSR count). The fourth-order valence-electron chi connectivity index (χ4n) is 1.32. The Morgan fingerprint density at radius 2 is 2.07 bits per heavy atom. The van der Waals surface area contributed by atoms with Gasteiger partial charge in [-0.25, -0.2) is 0 Å². The Labute approximate surface area is 83.7 Å². The lowest BCUT2D eigenvalue weighted by atomic mass is 10.0. The van der Waals surface area contributed by atoms with E-state index in [-0.39, 0.29) is 0 Å². The Hall–Kier alpha value is -2.06. The molecule has 14 heavy (non-hydrogen) atoms. The van der Waals surface area contributed by atoms with Gasteiger partial charge in [-0.05, 0) is 24.1 Å². The molecule has 0 fully saturated rings. The molecular formula is C12H10N2. The number of rotatable bonds is 2. The van der Waals surface area contributed by atoms with Crippen LogP contribution in [-0.4, -0.2) is 0 Å². The molecule has 0 aliphatic carbocycles. The smallest absolute Gasteiger partial charge is 0.0912 e. The van der Waals surface area contributed by atoms with E-state index in [4.69, 9.17) is 10.5 Å². The monoisotopic (exact) mass is 182 g/mol. The number of hydrogen-bond donors (Lipinski definition) is 0. The first-order chi connectivity index (χ1) is 6.76. The van der Waals surface area contributed by atoms with Gasteiger partial charge in [0.2, 0.25) is 0 Å². The molecule has 68 valence electrons. The van der Waals surface area contributed by atoms with Crippen molar-refractivity contribution in [3.63, 3.8) is 0 Å². The summed E-state index contributed by atoms with van der Waals surface area (Å²) < 4.78 is 0. The van der Waals surface area contributed by atoms with Gasteiger partial charge in [-0.2, -0.15) is 10.5 Å². The van der Waals surface area contributed by atoms with Crippen LogP contribution in [0.15, 0.2) is 24.3 Å². The predicted molar refractivity (Wildman–Crippen MR) is 55.1 cm³/mol. The number of hydrogen-bond acceptors (Lipinski definition) is 2. The van der Waals surface area contributed by atoms with Gasteiger partial charge in [0, 0.05) is 6.08 Å². The van der Waals surface area contributed by atoms with Gasteiger partial charge >= 0.3 is 0 Å². The molecule has 0 amide bonds. The Morgan fingerprint density at radius 1 is 1.29 bits per heavy atom. The molecule has 0 unspecified atom stereocenters. The van der Waals surface area contributed by atoms with Crippen molar-refractivity contribution in [1.82, 2.24) is 0 Å². The molecule has 0 radical (unpaired) electrons. The van der Waals surface area contributed by atoms with Crippen LogP contribution < -0.4 is 0 Å². The summed E-state index contributed by atoms with van der Waals surface area (Å²) in [5.41, 5.74) is 3.07. The predicted octanol–water partition coefficient (Wildman–Crippen LogP) is 2.60. The molecule has 2 nitrogen and oxygen atoms in total. The third kappa shape index (κ3) is 2.77. The number of nitriles is 2. The molecule has 2 heteroatoms. The number of aryl methyl sites for hydroxylation is 1. The Morgan fingerprint density at radius 3 is 2.71 bits per heavy atom. The second-order valence-electron chi connectivity index (χ2n) is 3.05. The molecular weight excluding hydrogens is 172 g/mol. The first-order valence-electron chi connectivity index (χ1n) is 4.30. The normalized spacial score (nSPS) is 9.64. The lowest BCUT2D eigenvalue weighted by molar-refractivity contribution is 1.24. The molecule has 0 bridgehead atoms. The molecule has 1 aromatic rings. The van der Waals surface area contributed by atoms with Crippen molar-refractivity contribution in [2.75, 3.05) is 0 Å². The van der Waals surface area contributed by atoms with Crippen molar-refractivity contribution in [3.8, 4) is 12.1 Å². The molecule has 0 spiro atoms. The first-order valence-corrected chi connectivity index (χ1v) is 4.30. The minimum Gasteiger partial charge on any atom is -0.198 e. The topological polar surface area (TPSA) is 47.6 Å². The number of benzene rings is 1. The maximum Gasteiger partial charge on any atom is 0.0912 e. The van der Waals surface area contributed by atoms with E-state index in [2.05, 4.69) is 6.07 Å². The fraction of sp³-hybridized carbons (Fsp3) is 0.167.